The lowest BCUT2D eigenvalue weighted by molar-refractivity contribution is -0.281. The van der Waals surface area contributed by atoms with Crippen LogP contribution < -0.4 is 0 Å². The first-order valence-electron chi connectivity index (χ1n) is 14.0. The molecule has 0 unspecified atom stereocenters. The Morgan fingerprint density at radius 1 is 0.848 bits per heavy atom. The monoisotopic (exact) mass is 454 g/mol. The molecule has 33 heavy (non-hydrogen) atoms. The quantitative estimate of drug-likeness (QED) is 0.414. The molecule has 0 aromatic heterocycles. The predicted molar refractivity (Wildman–Crippen MR) is 136 cm³/mol. The van der Waals surface area contributed by atoms with Crippen molar-refractivity contribution in [2.45, 2.75) is 119 Å². The second kappa shape index (κ2) is 6.77. The van der Waals surface area contributed by atoms with E-state index in [1.807, 2.05) is 0 Å². The Hall–Kier alpha value is -0.630. The van der Waals surface area contributed by atoms with Crippen molar-refractivity contribution in [1.82, 2.24) is 0 Å². The fourth-order valence-corrected chi connectivity index (χ4v) is 11.9. The molecule has 1 N–H and O–H groups in total. The van der Waals surface area contributed by atoms with Gasteiger partial charge in [-0.3, -0.25) is 4.79 Å². The average Bonchev–Trinajstić information content (AvgIpc) is 3.08. The number of hydrogen-bond acceptors (Lipinski definition) is 2. The number of allylic oxidation sites excluding steroid dienone is 1. The van der Waals surface area contributed by atoms with Crippen molar-refractivity contribution < 1.29 is 9.90 Å². The number of carbonyl (C=O) groups excluding carboxylic acids is 1. The minimum absolute atomic E-state index is 0.168. The third kappa shape index (κ3) is 2.58. The van der Waals surface area contributed by atoms with Crippen molar-refractivity contribution in [1.29, 1.82) is 0 Å². The number of rotatable bonds is 1. The van der Waals surface area contributed by atoms with Crippen LogP contribution in [-0.2, 0) is 4.79 Å². The molecule has 5 fully saturated rings. The van der Waals surface area contributed by atoms with E-state index in [9.17, 15) is 9.90 Å². The van der Waals surface area contributed by atoms with E-state index in [-0.39, 0.29) is 33.4 Å². The van der Waals surface area contributed by atoms with Gasteiger partial charge in [-0.2, -0.15) is 0 Å². The van der Waals surface area contributed by atoms with Gasteiger partial charge in [0.05, 0.1) is 6.10 Å². The lowest BCUT2D eigenvalue weighted by atomic mass is 9.29. The molecule has 5 saturated carbocycles. The molecule has 2 nitrogen and oxygen atoms in total. The maximum atomic E-state index is 13.0. The number of aliphatic hydroxyl groups excluding tert-OH is 1. The SMILES string of the molecule is C=C(C)[C@@H]1CC[C@]2(C)CC[C@@]3(C)[C@]4(C)CC[C@H]5C(C)(C)C(=O)C[C@@H](O)[C@]5(C)[C@H]4CC[C@]3(C)[C@@H]12. The Morgan fingerprint density at radius 2 is 1.45 bits per heavy atom. The highest BCUT2D eigenvalue weighted by Crippen LogP contribution is 2.80. The number of carbonyl (C=O) groups is 1. The molecule has 0 saturated heterocycles. The number of Topliss-reactive ketones (excluding diaryl/α,β-unsaturated/α-hetero) is 1. The van der Waals surface area contributed by atoms with Crippen molar-refractivity contribution in [2.24, 2.45) is 56.2 Å². The highest BCUT2D eigenvalue weighted by molar-refractivity contribution is 5.86. The van der Waals surface area contributed by atoms with Gasteiger partial charge in [0, 0.05) is 17.3 Å². The Balaban J connectivity index is 1.62. The molecular weight excluding hydrogens is 404 g/mol. The Kier molecular flexibility index (Phi) is 4.94. The molecule has 5 aliphatic rings. The van der Waals surface area contributed by atoms with E-state index in [1.54, 1.807) is 0 Å². The van der Waals surface area contributed by atoms with Crippen molar-refractivity contribution in [2.75, 3.05) is 0 Å². The molecule has 5 rings (SSSR count). The van der Waals surface area contributed by atoms with Crippen LogP contribution in [0.1, 0.15) is 113 Å². The molecule has 0 amide bonds. The smallest absolute Gasteiger partial charge is 0.141 e. The summed E-state index contributed by atoms with van der Waals surface area (Å²) >= 11 is 0. The van der Waals surface area contributed by atoms with Gasteiger partial charge in [-0.15, -0.1) is 0 Å². The summed E-state index contributed by atoms with van der Waals surface area (Å²) in [7, 11) is 0. The van der Waals surface area contributed by atoms with Crippen molar-refractivity contribution >= 4 is 5.78 Å². The second-order valence-electron chi connectivity index (χ2n) is 15.2. The van der Waals surface area contributed by atoms with Gasteiger partial charge in [-0.1, -0.05) is 60.6 Å². The average molecular weight is 455 g/mol. The van der Waals surface area contributed by atoms with E-state index >= 15 is 0 Å². The van der Waals surface area contributed by atoms with E-state index in [0.717, 1.165) is 12.3 Å². The van der Waals surface area contributed by atoms with Gasteiger partial charge in [0.25, 0.3) is 0 Å². The van der Waals surface area contributed by atoms with Gasteiger partial charge in [0.1, 0.15) is 5.78 Å². The summed E-state index contributed by atoms with van der Waals surface area (Å²) < 4.78 is 0. The summed E-state index contributed by atoms with van der Waals surface area (Å²) in [6.45, 7) is 24.0. The van der Waals surface area contributed by atoms with Crippen LogP contribution in [0.25, 0.3) is 0 Å². The molecule has 0 heterocycles. The lowest BCUT2D eigenvalue weighted by Gasteiger charge is -2.76. The third-order valence-corrected chi connectivity index (χ3v) is 14.1. The van der Waals surface area contributed by atoms with Crippen LogP contribution in [0.2, 0.25) is 0 Å². The van der Waals surface area contributed by atoms with Crippen molar-refractivity contribution in [3.05, 3.63) is 12.2 Å². The van der Waals surface area contributed by atoms with Crippen LogP contribution >= 0.6 is 0 Å². The molecule has 0 aliphatic heterocycles. The minimum atomic E-state index is -0.496. The maximum Gasteiger partial charge on any atom is 0.141 e. The van der Waals surface area contributed by atoms with E-state index in [4.69, 9.17) is 0 Å². The number of ketones is 1. The summed E-state index contributed by atoms with van der Waals surface area (Å²) in [6.07, 6.45) is 9.92. The highest BCUT2D eigenvalue weighted by Gasteiger charge is 2.75. The van der Waals surface area contributed by atoms with Crippen LogP contribution in [-0.4, -0.2) is 17.0 Å². The van der Waals surface area contributed by atoms with Gasteiger partial charge in [-0.05, 0) is 104 Å². The molecule has 10 atom stereocenters. The summed E-state index contributed by atoms with van der Waals surface area (Å²) in [6, 6.07) is 0. The third-order valence-electron chi connectivity index (χ3n) is 14.1. The van der Waals surface area contributed by atoms with Crippen molar-refractivity contribution in [3.63, 3.8) is 0 Å². The Labute approximate surface area is 203 Å². The van der Waals surface area contributed by atoms with Crippen molar-refractivity contribution in [3.8, 4) is 0 Å². The van der Waals surface area contributed by atoms with Crippen LogP contribution in [0.15, 0.2) is 12.2 Å². The zero-order valence-electron chi connectivity index (χ0n) is 22.8. The number of aliphatic hydroxyl groups is 1. The van der Waals surface area contributed by atoms with Crippen LogP contribution in [0.3, 0.4) is 0 Å². The number of fused-ring (bicyclic) bond motifs is 7. The maximum absolute atomic E-state index is 13.0. The zero-order chi connectivity index (χ0) is 24.4. The van der Waals surface area contributed by atoms with Gasteiger partial charge < -0.3 is 5.11 Å². The van der Waals surface area contributed by atoms with E-state index in [2.05, 4.69) is 62.0 Å². The summed E-state index contributed by atoms with van der Waals surface area (Å²) in [5, 5.41) is 11.5. The van der Waals surface area contributed by atoms with Gasteiger partial charge in [0.2, 0.25) is 0 Å². The Morgan fingerprint density at radius 3 is 2.09 bits per heavy atom. The van der Waals surface area contributed by atoms with Gasteiger partial charge >= 0.3 is 0 Å². The summed E-state index contributed by atoms with van der Waals surface area (Å²) in [5.74, 6) is 2.42. The van der Waals surface area contributed by atoms with Crippen LogP contribution in [0.4, 0.5) is 0 Å². The molecule has 0 aromatic carbocycles. The minimum Gasteiger partial charge on any atom is -0.392 e. The fourth-order valence-electron chi connectivity index (χ4n) is 11.9. The molecule has 0 radical (unpaired) electrons. The number of hydrogen-bond donors (Lipinski definition) is 1. The topological polar surface area (TPSA) is 37.3 Å². The first kappa shape index (κ1) is 24.1. The Bertz CT molecular complexity index is 887. The molecular formula is C31H50O2. The first-order valence-corrected chi connectivity index (χ1v) is 14.0. The lowest BCUT2D eigenvalue weighted by Crippen LogP contribution is -2.71. The van der Waals surface area contributed by atoms with E-state index in [1.165, 1.54) is 50.5 Å². The standard InChI is InChI=1S/C31H50O2/c1-19(2)20-10-13-27(5)16-17-30(8)28(6)14-11-21-26(3,4)23(32)18-24(33)31(21,9)22(28)12-15-29(30,7)25(20)27/h20-22,24-25,33H,1,10-18H2,2-9H3/t20-,21-,22-,24+,25-,27+,28+,29+,30-,31-/m0/s1. The largest absolute Gasteiger partial charge is 0.392 e. The molecule has 2 heteroatoms. The highest BCUT2D eigenvalue weighted by atomic mass is 16.3. The van der Waals surface area contributed by atoms with E-state index < -0.39 is 6.10 Å². The summed E-state index contributed by atoms with van der Waals surface area (Å²) in [4.78, 5) is 13.0. The predicted octanol–water partition coefficient (Wildman–Crippen LogP) is 7.59. The fraction of sp³-hybridized carbons (Fsp3) is 0.903. The normalized spacial score (nSPS) is 57.5. The van der Waals surface area contributed by atoms with Gasteiger partial charge in [-0.25, -0.2) is 0 Å². The second-order valence-corrected chi connectivity index (χ2v) is 15.2. The molecule has 0 bridgehead atoms. The molecule has 186 valence electrons. The molecule has 0 spiro atoms. The molecule has 5 aliphatic carbocycles. The van der Waals surface area contributed by atoms with Gasteiger partial charge in [0.15, 0.2) is 0 Å². The van der Waals surface area contributed by atoms with E-state index in [0.29, 0.717) is 29.1 Å². The summed E-state index contributed by atoms with van der Waals surface area (Å²) in [5.41, 5.74) is 2.12. The first-order chi connectivity index (χ1) is 15.1. The molecule has 0 aromatic rings. The zero-order valence-corrected chi connectivity index (χ0v) is 22.8. The van der Waals surface area contributed by atoms with Crippen LogP contribution in [0, 0.1) is 56.2 Å². The van der Waals surface area contributed by atoms with Crippen LogP contribution in [0.5, 0.6) is 0 Å².